The van der Waals surface area contributed by atoms with Crippen LogP contribution >= 0.6 is 22.9 Å². The highest BCUT2D eigenvalue weighted by atomic mass is 35.5. The molecule has 0 saturated carbocycles. The van der Waals surface area contributed by atoms with Gasteiger partial charge in [-0.25, -0.2) is 0 Å². The molecule has 1 unspecified atom stereocenters. The zero-order valence-electron chi connectivity index (χ0n) is 10.3. The number of halogens is 4. The topological polar surface area (TPSA) is 63.1 Å². The van der Waals surface area contributed by atoms with Crippen molar-refractivity contribution in [2.75, 3.05) is 0 Å². The van der Waals surface area contributed by atoms with Gasteiger partial charge in [-0.2, -0.15) is 13.2 Å². The first-order chi connectivity index (χ1) is 9.77. The van der Waals surface area contributed by atoms with Gasteiger partial charge in [-0.15, -0.1) is 10.2 Å². The molecule has 1 heterocycles. The van der Waals surface area contributed by atoms with Crippen LogP contribution in [0.1, 0.15) is 21.5 Å². The van der Waals surface area contributed by atoms with Gasteiger partial charge in [0.1, 0.15) is 10.9 Å². The normalized spacial score (nSPS) is 13.1. The number of carbonyl (C=O) groups is 1. The minimum Gasteiger partial charge on any atom is -0.481 e. The largest absolute Gasteiger partial charge is 0.481 e. The van der Waals surface area contributed by atoms with Gasteiger partial charge in [-0.05, 0) is 24.1 Å². The summed E-state index contributed by atoms with van der Waals surface area (Å²) in [5.74, 6) is -2.46. The van der Waals surface area contributed by atoms with Crippen LogP contribution in [-0.4, -0.2) is 21.3 Å². The Hall–Kier alpha value is -1.67. The molecule has 0 amide bonds. The Labute approximate surface area is 126 Å². The van der Waals surface area contributed by atoms with E-state index in [4.69, 9.17) is 11.6 Å². The molecule has 9 heteroatoms. The fraction of sp³-hybridized carbons (Fsp3) is 0.250. The van der Waals surface area contributed by atoms with E-state index in [2.05, 4.69) is 10.2 Å². The maximum atomic E-state index is 12.5. The molecule has 0 saturated heterocycles. The van der Waals surface area contributed by atoms with E-state index in [1.165, 1.54) is 0 Å². The summed E-state index contributed by atoms with van der Waals surface area (Å²) < 4.78 is 37.5. The molecule has 0 aliphatic heterocycles. The van der Waals surface area contributed by atoms with E-state index in [-0.39, 0.29) is 22.8 Å². The van der Waals surface area contributed by atoms with Crippen LogP contribution in [0.3, 0.4) is 0 Å². The summed E-state index contributed by atoms with van der Waals surface area (Å²) >= 11 is 6.03. The van der Waals surface area contributed by atoms with Crippen LogP contribution in [0.5, 0.6) is 0 Å². The number of nitrogens with zero attached hydrogens (tertiary/aromatic N) is 2. The average Bonchev–Trinajstić information content (AvgIpc) is 2.84. The molecule has 1 atom stereocenters. The lowest BCUT2D eigenvalue weighted by Crippen LogP contribution is -2.14. The van der Waals surface area contributed by atoms with Gasteiger partial charge < -0.3 is 5.11 Å². The predicted octanol–water partition coefficient (Wildman–Crippen LogP) is 3.62. The maximum Gasteiger partial charge on any atom is 0.445 e. The molecular formula is C12H8ClF3N2O2S. The molecule has 1 N–H and O–H groups in total. The molecule has 2 rings (SSSR count). The van der Waals surface area contributed by atoms with Gasteiger partial charge >= 0.3 is 12.1 Å². The van der Waals surface area contributed by atoms with Crippen molar-refractivity contribution < 1.29 is 23.1 Å². The summed E-state index contributed by atoms with van der Waals surface area (Å²) in [6.45, 7) is 0. The fourth-order valence-corrected chi connectivity index (χ4v) is 2.69. The van der Waals surface area contributed by atoms with E-state index in [0.29, 0.717) is 10.6 Å². The van der Waals surface area contributed by atoms with E-state index in [0.717, 1.165) is 0 Å². The average molecular weight is 337 g/mol. The highest BCUT2D eigenvalue weighted by Crippen LogP contribution is 2.34. The maximum absolute atomic E-state index is 12.5. The van der Waals surface area contributed by atoms with Gasteiger partial charge in [0, 0.05) is 5.02 Å². The quantitative estimate of drug-likeness (QED) is 0.926. The Kier molecular flexibility index (Phi) is 4.48. The standard InChI is InChI=1S/C12H8ClF3N2O2S/c13-7-3-1-2-6(4-7)5-8(10(19)20)9-17-18-11(21-9)12(14,15)16/h1-4,8H,5H2,(H,19,20). The van der Waals surface area contributed by atoms with E-state index in [9.17, 15) is 23.1 Å². The number of aliphatic carboxylic acids is 1. The summed E-state index contributed by atoms with van der Waals surface area (Å²) in [4.78, 5) is 11.3. The third-order valence-electron chi connectivity index (χ3n) is 2.61. The van der Waals surface area contributed by atoms with Crippen LogP contribution in [-0.2, 0) is 17.4 Å². The second-order valence-electron chi connectivity index (χ2n) is 4.17. The van der Waals surface area contributed by atoms with Gasteiger partial charge in [0.05, 0.1) is 0 Å². The Balaban J connectivity index is 2.27. The smallest absolute Gasteiger partial charge is 0.445 e. The number of carboxylic acid groups (broad SMARTS) is 1. The van der Waals surface area contributed by atoms with Crippen molar-refractivity contribution in [2.45, 2.75) is 18.5 Å². The SMILES string of the molecule is O=C(O)C(Cc1cccc(Cl)c1)c1nnc(C(F)(F)F)s1. The molecule has 1 aromatic carbocycles. The van der Waals surface area contributed by atoms with Crippen LogP contribution in [0.2, 0.25) is 5.02 Å². The molecule has 0 bridgehead atoms. The first-order valence-corrected chi connectivity index (χ1v) is 6.84. The van der Waals surface area contributed by atoms with E-state index < -0.39 is 23.1 Å². The molecule has 0 aliphatic rings. The van der Waals surface area contributed by atoms with Crippen LogP contribution < -0.4 is 0 Å². The molecule has 2 aromatic rings. The van der Waals surface area contributed by atoms with Gasteiger partial charge in [0.2, 0.25) is 5.01 Å². The predicted molar refractivity (Wildman–Crippen MR) is 70.4 cm³/mol. The summed E-state index contributed by atoms with van der Waals surface area (Å²) in [5, 5.41) is 14.6. The zero-order valence-corrected chi connectivity index (χ0v) is 11.8. The molecule has 0 radical (unpaired) electrons. The van der Waals surface area contributed by atoms with E-state index in [1.807, 2.05) is 0 Å². The van der Waals surface area contributed by atoms with Crippen LogP contribution in [0.4, 0.5) is 13.2 Å². The van der Waals surface area contributed by atoms with Crippen molar-refractivity contribution in [3.8, 4) is 0 Å². The third-order valence-corrected chi connectivity index (χ3v) is 3.93. The van der Waals surface area contributed by atoms with Gasteiger partial charge in [-0.1, -0.05) is 35.1 Å². The number of hydrogen-bond acceptors (Lipinski definition) is 4. The van der Waals surface area contributed by atoms with Crippen molar-refractivity contribution in [2.24, 2.45) is 0 Å². The van der Waals surface area contributed by atoms with Crippen molar-refractivity contribution in [1.82, 2.24) is 10.2 Å². The third kappa shape index (κ3) is 3.92. The number of benzene rings is 1. The number of carboxylic acids is 1. The first kappa shape index (κ1) is 15.7. The van der Waals surface area contributed by atoms with Crippen molar-refractivity contribution in [3.05, 3.63) is 44.9 Å². The number of rotatable bonds is 4. The van der Waals surface area contributed by atoms with E-state index >= 15 is 0 Å². The minimum absolute atomic E-state index is 0.0115. The Morgan fingerprint density at radius 2 is 2.10 bits per heavy atom. The molecule has 0 aliphatic carbocycles. The number of alkyl halides is 3. The Bertz CT molecular complexity index is 660. The van der Waals surface area contributed by atoms with Crippen LogP contribution in [0, 0.1) is 0 Å². The molecule has 112 valence electrons. The van der Waals surface area contributed by atoms with Gasteiger partial charge in [0.15, 0.2) is 0 Å². The van der Waals surface area contributed by atoms with Crippen LogP contribution in [0.25, 0.3) is 0 Å². The van der Waals surface area contributed by atoms with Crippen molar-refractivity contribution >= 4 is 28.9 Å². The molecule has 1 aromatic heterocycles. The molecule has 4 nitrogen and oxygen atoms in total. The van der Waals surface area contributed by atoms with Crippen LogP contribution in [0.15, 0.2) is 24.3 Å². The lowest BCUT2D eigenvalue weighted by molar-refractivity contribution is -0.139. The Morgan fingerprint density at radius 1 is 1.38 bits per heavy atom. The zero-order chi connectivity index (χ0) is 15.6. The highest BCUT2D eigenvalue weighted by Gasteiger charge is 2.37. The number of aromatic nitrogens is 2. The Morgan fingerprint density at radius 3 is 2.62 bits per heavy atom. The van der Waals surface area contributed by atoms with E-state index in [1.54, 1.807) is 24.3 Å². The molecule has 21 heavy (non-hydrogen) atoms. The summed E-state index contributed by atoms with van der Waals surface area (Å²) in [6.07, 6.45) is -4.64. The second kappa shape index (κ2) is 5.98. The molecular weight excluding hydrogens is 329 g/mol. The second-order valence-corrected chi connectivity index (χ2v) is 5.61. The van der Waals surface area contributed by atoms with Gasteiger partial charge in [0.25, 0.3) is 0 Å². The molecule has 0 fully saturated rings. The molecule has 0 spiro atoms. The summed E-state index contributed by atoms with van der Waals surface area (Å²) in [5.41, 5.74) is 0.596. The number of hydrogen-bond donors (Lipinski definition) is 1. The van der Waals surface area contributed by atoms with Crippen molar-refractivity contribution in [1.29, 1.82) is 0 Å². The monoisotopic (exact) mass is 336 g/mol. The van der Waals surface area contributed by atoms with Gasteiger partial charge in [-0.3, -0.25) is 4.79 Å². The summed E-state index contributed by atoms with van der Waals surface area (Å²) in [7, 11) is 0. The fourth-order valence-electron chi connectivity index (χ4n) is 1.67. The minimum atomic E-state index is -4.63. The lowest BCUT2D eigenvalue weighted by Gasteiger charge is -2.09. The van der Waals surface area contributed by atoms with Crippen molar-refractivity contribution in [3.63, 3.8) is 0 Å². The lowest BCUT2D eigenvalue weighted by atomic mass is 10.0. The highest BCUT2D eigenvalue weighted by molar-refractivity contribution is 7.11. The first-order valence-electron chi connectivity index (χ1n) is 5.65. The summed E-state index contributed by atoms with van der Waals surface area (Å²) in [6, 6.07) is 6.46.